The van der Waals surface area contributed by atoms with Gasteiger partial charge in [0.25, 0.3) is 5.91 Å². The summed E-state index contributed by atoms with van der Waals surface area (Å²) in [6.07, 6.45) is 3.68. The van der Waals surface area contributed by atoms with E-state index in [-0.39, 0.29) is 29.5 Å². The Labute approximate surface area is 143 Å². The molecule has 25 heavy (non-hydrogen) atoms. The highest BCUT2D eigenvalue weighted by molar-refractivity contribution is 6.00. The first-order chi connectivity index (χ1) is 12.0. The summed E-state index contributed by atoms with van der Waals surface area (Å²) in [4.78, 5) is 26.3. The molecule has 4 rings (SSSR count). The number of carboxylic acids is 1. The van der Waals surface area contributed by atoms with Gasteiger partial charge in [-0.3, -0.25) is 14.7 Å². The number of aromatic nitrogens is 2. The molecule has 1 aliphatic heterocycles. The zero-order chi connectivity index (χ0) is 17.6. The van der Waals surface area contributed by atoms with Crippen LogP contribution in [0.1, 0.15) is 29.6 Å². The number of aliphatic carboxylic acids is 1. The van der Waals surface area contributed by atoms with Crippen molar-refractivity contribution in [2.75, 3.05) is 13.1 Å². The van der Waals surface area contributed by atoms with Crippen molar-refractivity contribution in [1.82, 2.24) is 15.1 Å². The van der Waals surface area contributed by atoms with Gasteiger partial charge < -0.3 is 10.0 Å². The average molecular weight is 343 g/mol. The van der Waals surface area contributed by atoms with Gasteiger partial charge in [-0.2, -0.15) is 5.10 Å². The van der Waals surface area contributed by atoms with Crippen LogP contribution in [-0.2, 0) is 4.79 Å². The van der Waals surface area contributed by atoms with Gasteiger partial charge in [0.15, 0.2) is 0 Å². The molecule has 7 heteroatoms. The lowest BCUT2D eigenvalue weighted by Gasteiger charge is -2.23. The fourth-order valence-electron chi connectivity index (χ4n) is 4.28. The third-order valence-electron chi connectivity index (χ3n) is 5.60. The Morgan fingerprint density at radius 1 is 1.36 bits per heavy atom. The molecule has 2 heterocycles. The van der Waals surface area contributed by atoms with Crippen molar-refractivity contribution in [3.05, 3.63) is 41.8 Å². The van der Waals surface area contributed by atoms with Crippen LogP contribution in [0, 0.1) is 17.2 Å². The van der Waals surface area contributed by atoms with Crippen LogP contribution >= 0.6 is 0 Å². The monoisotopic (exact) mass is 343 g/mol. The number of nitrogens with one attached hydrogen (secondary N) is 1. The second-order valence-electron chi connectivity index (χ2n) is 6.87. The molecular formula is C18H18FN3O3. The Balaban J connectivity index is 1.65. The summed E-state index contributed by atoms with van der Waals surface area (Å²) in [6, 6.07) is 6.17. The number of H-pyrrole nitrogens is 1. The van der Waals surface area contributed by atoms with Crippen LogP contribution in [0.5, 0.6) is 0 Å². The van der Waals surface area contributed by atoms with Crippen LogP contribution < -0.4 is 0 Å². The Hall–Kier alpha value is -2.70. The van der Waals surface area contributed by atoms with Gasteiger partial charge in [0.1, 0.15) is 5.82 Å². The molecule has 0 radical (unpaired) electrons. The fraction of sp³-hybridized carbons (Fsp3) is 0.389. The van der Waals surface area contributed by atoms with Crippen molar-refractivity contribution in [2.45, 2.75) is 19.3 Å². The molecule has 1 aromatic carbocycles. The second kappa shape index (κ2) is 5.68. The number of fused-ring (bicyclic) bond motifs is 1. The molecule has 0 unspecified atom stereocenters. The smallest absolute Gasteiger partial charge is 0.311 e. The van der Waals surface area contributed by atoms with E-state index in [0.29, 0.717) is 18.7 Å². The largest absolute Gasteiger partial charge is 0.481 e. The second-order valence-corrected chi connectivity index (χ2v) is 6.87. The Morgan fingerprint density at radius 2 is 2.16 bits per heavy atom. The van der Waals surface area contributed by atoms with Gasteiger partial charge in [0.2, 0.25) is 0 Å². The van der Waals surface area contributed by atoms with E-state index >= 15 is 0 Å². The number of rotatable bonds is 3. The molecule has 2 N–H and O–H groups in total. The molecule has 2 aromatic rings. The van der Waals surface area contributed by atoms with Crippen LogP contribution in [0.2, 0.25) is 0 Å². The van der Waals surface area contributed by atoms with Crippen molar-refractivity contribution < 1.29 is 19.1 Å². The molecule has 2 aliphatic rings. The Bertz CT molecular complexity index is 850. The van der Waals surface area contributed by atoms with E-state index in [1.54, 1.807) is 23.1 Å². The van der Waals surface area contributed by atoms with Crippen LogP contribution in [0.25, 0.3) is 11.3 Å². The van der Waals surface area contributed by atoms with Crippen LogP contribution in [0.3, 0.4) is 0 Å². The van der Waals surface area contributed by atoms with Crippen LogP contribution in [0.4, 0.5) is 4.39 Å². The number of hydrogen-bond donors (Lipinski definition) is 2. The molecule has 1 saturated carbocycles. The van der Waals surface area contributed by atoms with Crippen LogP contribution in [0.15, 0.2) is 30.5 Å². The summed E-state index contributed by atoms with van der Waals surface area (Å²) in [6.45, 7) is 0.626. The predicted octanol–water partition coefficient (Wildman–Crippen LogP) is 2.54. The summed E-state index contributed by atoms with van der Waals surface area (Å²) in [5.74, 6) is -1.59. The average Bonchev–Trinajstić information content (AvgIpc) is 3.28. The molecule has 0 bridgehead atoms. The SMILES string of the molecule is O=C(c1cn[nH]c1-c1ccccc1F)N1C[C@@H]2CCC[C@@]2(C(=O)O)C1. The minimum atomic E-state index is -0.836. The molecule has 1 aliphatic carbocycles. The molecule has 2 fully saturated rings. The van der Waals surface area contributed by atoms with E-state index < -0.39 is 17.2 Å². The van der Waals surface area contributed by atoms with Crippen molar-refractivity contribution in [3.8, 4) is 11.3 Å². The molecule has 130 valence electrons. The van der Waals surface area contributed by atoms with Gasteiger partial charge >= 0.3 is 5.97 Å². The first-order valence-electron chi connectivity index (χ1n) is 8.34. The topological polar surface area (TPSA) is 86.3 Å². The zero-order valence-corrected chi connectivity index (χ0v) is 13.5. The molecule has 0 spiro atoms. The quantitative estimate of drug-likeness (QED) is 0.897. The first-order valence-corrected chi connectivity index (χ1v) is 8.34. The number of carbonyl (C=O) groups excluding carboxylic acids is 1. The van der Waals surface area contributed by atoms with Crippen molar-refractivity contribution in [3.63, 3.8) is 0 Å². The number of carbonyl (C=O) groups is 2. The van der Waals surface area contributed by atoms with E-state index in [2.05, 4.69) is 10.2 Å². The van der Waals surface area contributed by atoms with Crippen molar-refractivity contribution in [1.29, 1.82) is 0 Å². The highest BCUT2D eigenvalue weighted by atomic mass is 19.1. The maximum absolute atomic E-state index is 14.1. The van der Waals surface area contributed by atoms with E-state index in [0.717, 1.165) is 12.8 Å². The van der Waals surface area contributed by atoms with Crippen molar-refractivity contribution in [2.24, 2.45) is 11.3 Å². The van der Waals surface area contributed by atoms with E-state index in [9.17, 15) is 19.1 Å². The summed E-state index contributed by atoms with van der Waals surface area (Å²) in [7, 11) is 0. The molecule has 1 saturated heterocycles. The summed E-state index contributed by atoms with van der Waals surface area (Å²) in [5, 5.41) is 16.3. The van der Waals surface area contributed by atoms with Gasteiger partial charge in [-0.1, -0.05) is 18.6 Å². The van der Waals surface area contributed by atoms with E-state index in [4.69, 9.17) is 0 Å². The van der Waals surface area contributed by atoms with Gasteiger partial charge in [0, 0.05) is 18.7 Å². The number of halogens is 1. The number of carboxylic acid groups (broad SMARTS) is 1. The number of nitrogens with zero attached hydrogens (tertiary/aromatic N) is 2. The lowest BCUT2D eigenvalue weighted by atomic mass is 9.81. The van der Waals surface area contributed by atoms with Gasteiger partial charge in [-0.15, -0.1) is 0 Å². The minimum Gasteiger partial charge on any atom is -0.481 e. The predicted molar refractivity (Wildman–Crippen MR) is 87.3 cm³/mol. The van der Waals surface area contributed by atoms with E-state index in [1.165, 1.54) is 12.3 Å². The maximum atomic E-state index is 14.1. The van der Waals surface area contributed by atoms with Crippen LogP contribution in [-0.4, -0.2) is 45.2 Å². The number of hydrogen-bond acceptors (Lipinski definition) is 3. The minimum absolute atomic E-state index is 0.0160. The third-order valence-corrected chi connectivity index (χ3v) is 5.60. The Kier molecular flexibility index (Phi) is 3.59. The lowest BCUT2D eigenvalue weighted by Crippen LogP contribution is -2.37. The fourth-order valence-corrected chi connectivity index (χ4v) is 4.28. The first kappa shape index (κ1) is 15.8. The summed E-state index contributed by atoms with van der Waals surface area (Å²) < 4.78 is 14.1. The van der Waals surface area contributed by atoms with Gasteiger partial charge in [0.05, 0.1) is 22.9 Å². The standard InChI is InChI=1S/C18H18FN3O3/c19-14-6-2-1-5-12(14)15-13(8-20-21-15)16(23)22-9-11-4-3-7-18(11,10-22)17(24)25/h1-2,5-6,8,11H,3-4,7,9-10H2,(H,20,21)(H,24,25)/t11-,18+/m0/s1. The van der Waals surface area contributed by atoms with Crippen molar-refractivity contribution >= 4 is 11.9 Å². The highest BCUT2D eigenvalue weighted by Gasteiger charge is 2.56. The lowest BCUT2D eigenvalue weighted by molar-refractivity contribution is -0.149. The van der Waals surface area contributed by atoms with E-state index in [1.807, 2.05) is 0 Å². The number of aromatic amines is 1. The number of likely N-dealkylation sites (tertiary alicyclic amines) is 1. The number of amides is 1. The normalized spacial score (nSPS) is 25.2. The zero-order valence-electron chi connectivity index (χ0n) is 13.5. The highest BCUT2D eigenvalue weighted by Crippen LogP contribution is 2.49. The maximum Gasteiger partial charge on any atom is 0.311 e. The summed E-state index contributed by atoms with van der Waals surface area (Å²) >= 11 is 0. The molecule has 6 nitrogen and oxygen atoms in total. The molecule has 2 atom stereocenters. The summed E-state index contributed by atoms with van der Waals surface area (Å²) in [5.41, 5.74) is 0.0308. The number of benzene rings is 1. The molecule has 1 amide bonds. The molecular weight excluding hydrogens is 325 g/mol. The Morgan fingerprint density at radius 3 is 2.88 bits per heavy atom. The molecule has 1 aromatic heterocycles. The van der Waals surface area contributed by atoms with Gasteiger partial charge in [-0.25, -0.2) is 4.39 Å². The third kappa shape index (κ3) is 2.33. The van der Waals surface area contributed by atoms with Gasteiger partial charge in [-0.05, 0) is 30.9 Å².